The molecule has 1 aliphatic heterocycles. The van der Waals surface area contributed by atoms with E-state index in [-0.39, 0.29) is 24.0 Å². The number of aromatic nitrogens is 2. The van der Waals surface area contributed by atoms with Gasteiger partial charge in [0.2, 0.25) is 11.8 Å². The first kappa shape index (κ1) is 18.9. The van der Waals surface area contributed by atoms with Gasteiger partial charge in [-0.3, -0.25) is 14.2 Å². The van der Waals surface area contributed by atoms with Gasteiger partial charge < -0.3 is 19.9 Å². The number of amides is 2. The molecule has 2 heterocycles. The standard InChI is InChI=1S/C21H22N4O4/c26-19(14-25-18-4-2-1-3-17(18)23-21(25)28)22-16-7-5-15(6-8-16)13-20(27)24-9-11-29-12-10-24/h1-8H,9-14H2,(H,22,26)(H,23,28). The number of carbonyl (C=O) groups is 2. The minimum atomic E-state index is -0.321. The van der Waals surface area contributed by atoms with Crippen LogP contribution in [0.15, 0.2) is 53.3 Å². The second-order valence-electron chi connectivity index (χ2n) is 6.95. The summed E-state index contributed by atoms with van der Waals surface area (Å²) in [6.45, 7) is 2.33. The van der Waals surface area contributed by atoms with E-state index >= 15 is 0 Å². The molecule has 1 aromatic heterocycles. The summed E-state index contributed by atoms with van der Waals surface area (Å²) in [5, 5.41) is 2.79. The summed E-state index contributed by atoms with van der Waals surface area (Å²) in [5.41, 5.74) is 2.56. The van der Waals surface area contributed by atoms with Crippen molar-refractivity contribution in [2.45, 2.75) is 13.0 Å². The third-order valence-electron chi connectivity index (χ3n) is 4.94. The summed E-state index contributed by atoms with van der Waals surface area (Å²) < 4.78 is 6.67. The van der Waals surface area contributed by atoms with Crippen LogP contribution in [0.25, 0.3) is 11.0 Å². The lowest BCUT2D eigenvalue weighted by molar-refractivity contribution is -0.134. The lowest BCUT2D eigenvalue weighted by atomic mass is 10.1. The Morgan fingerprint density at radius 3 is 2.52 bits per heavy atom. The molecule has 0 aliphatic carbocycles. The van der Waals surface area contributed by atoms with Gasteiger partial charge in [0.25, 0.3) is 0 Å². The molecule has 0 atom stereocenters. The average molecular weight is 394 g/mol. The molecule has 2 amide bonds. The van der Waals surface area contributed by atoms with E-state index in [2.05, 4.69) is 10.3 Å². The van der Waals surface area contributed by atoms with Crippen molar-refractivity contribution in [2.75, 3.05) is 31.6 Å². The minimum absolute atomic E-state index is 0.0730. The summed E-state index contributed by atoms with van der Waals surface area (Å²) in [4.78, 5) is 41.3. The maximum absolute atomic E-state index is 12.4. The van der Waals surface area contributed by atoms with Gasteiger partial charge >= 0.3 is 5.69 Å². The number of H-pyrrole nitrogens is 1. The molecule has 0 saturated carbocycles. The smallest absolute Gasteiger partial charge is 0.326 e. The Morgan fingerprint density at radius 1 is 1.03 bits per heavy atom. The summed E-state index contributed by atoms with van der Waals surface area (Å²) in [6, 6.07) is 14.4. The number of ether oxygens (including phenoxy) is 1. The van der Waals surface area contributed by atoms with E-state index in [1.807, 2.05) is 24.3 Å². The van der Waals surface area contributed by atoms with Crippen molar-refractivity contribution in [2.24, 2.45) is 0 Å². The van der Waals surface area contributed by atoms with Crippen molar-refractivity contribution < 1.29 is 14.3 Å². The zero-order chi connectivity index (χ0) is 20.2. The lowest BCUT2D eigenvalue weighted by Crippen LogP contribution is -2.41. The first-order valence-electron chi connectivity index (χ1n) is 9.52. The van der Waals surface area contributed by atoms with E-state index < -0.39 is 0 Å². The van der Waals surface area contributed by atoms with Gasteiger partial charge in [-0.15, -0.1) is 0 Å². The molecular formula is C21H22N4O4. The number of nitrogens with zero attached hydrogens (tertiary/aromatic N) is 2. The molecule has 0 unspecified atom stereocenters. The molecule has 3 aromatic rings. The number of morpholine rings is 1. The van der Waals surface area contributed by atoms with E-state index in [1.54, 1.807) is 29.2 Å². The molecule has 29 heavy (non-hydrogen) atoms. The molecule has 4 rings (SSSR count). The molecule has 1 saturated heterocycles. The maximum Gasteiger partial charge on any atom is 0.326 e. The summed E-state index contributed by atoms with van der Waals surface area (Å²) >= 11 is 0. The largest absolute Gasteiger partial charge is 0.378 e. The van der Waals surface area contributed by atoms with Crippen LogP contribution in [0.3, 0.4) is 0 Å². The van der Waals surface area contributed by atoms with E-state index in [0.717, 1.165) is 5.56 Å². The quantitative estimate of drug-likeness (QED) is 0.683. The van der Waals surface area contributed by atoms with Crippen LogP contribution in [-0.2, 0) is 27.3 Å². The van der Waals surface area contributed by atoms with Crippen molar-refractivity contribution in [3.05, 3.63) is 64.6 Å². The molecular weight excluding hydrogens is 372 g/mol. The van der Waals surface area contributed by atoms with Gasteiger partial charge in [0.05, 0.1) is 30.7 Å². The monoisotopic (exact) mass is 394 g/mol. The number of hydrogen-bond donors (Lipinski definition) is 2. The normalized spacial score (nSPS) is 14.1. The highest BCUT2D eigenvalue weighted by atomic mass is 16.5. The molecule has 8 heteroatoms. The van der Waals surface area contributed by atoms with Crippen LogP contribution in [0.2, 0.25) is 0 Å². The van der Waals surface area contributed by atoms with Crippen LogP contribution >= 0.6 is 0 Å². The van der Waals surface area contributed by atoms with Gasteiger partial charge in [-0.25, -0.2) is 4.79 Å². The molecule has 0 spiro atoms. The fraction of sp³-hybridized carbons (Fsp3) is 0.286. The van der Waals surface area contributed by atoms with Crippen molar-refractivity contribution >= 4 is 28.5 Å². The Hall–Kier alpha value is -3.39. The van der Waals surface area contributed by atoms with Crippen LogP contribution in [0.5, 0.6) is 0 Å². The third-order valence-corrected chi connectivity index (χ3v) is 4.94. The number of aromatic amines is 1. The Labute approximate surface area is 167 Å². The predicted octanol–water partition coefficient (Wildman–Crippen LogP) is 1.37. The molecule has 1 aliphatic rings. The molecule has 2 aromatic carbocycles. The average Bonchev–Trinajstić information content (AvgIpc) is 3.05. The number of carbonyl (C=O) groups excluding carboxylic acids is 2. The molecule has 150 valence electrons. The van der Waals surface area contributed by atoms with Crippen molar-refractivity contribution in [3.8, 4) is 0 Å². The number of nitrogens with one attached hydrogen (secondary N) is 2. The second-order valence-corrected chi connectivity index (χ2v) is 6.95. The third kappa shape index (κ3) is 4.38. The fourth-order valence-corrected chi connectivity index (χ4v) is 3.41. The van der Waals surface area contributed by atoms with E-state index in [9.17, 15) is 14.4 Å². The number of imidazole rings is 1. The lowest BCUT2D eigenvalue weighted by Gasteiger charge is -2.26. The summed E-state index contributed by atoms with van der Waals surface area (Å²) in [7, 11) is 0. The topological polar surface area (TPSA) is 96.4 Å². The second kappa shape index (κ2) is 8.32. The van der Waals surface area contributed by atoms with Crippen LogP contribution in [0.1, 0.15) is 5.56 Å². The van der Waals surface area contributed by atoms with Gasteiger partial charge in [-0.2, -0.15) is 0 Å². The van der Waals surface area contributed by atoms with E-state index in [4.69, 9.17) is 4.74 Å². The predicted molar refractivity (Wildman–Crippen MR) is 109 cm³/mol. The maximum atomic E-state index is 12.4. The van der Waals surface area contributed by atoms with Crippen LogP contribution in [0.4, 0.5) is 5.69 Å². The van der Waals surface area contributed by atoms with Gasteiger partial charge in [-0.05, 0) is 29.8 Å². The molecule has 0 bridgehead atoms. The van der Waals surface area contributed by atoms with E-state index in [0.29, 0.717) is 49.4 Å². The van der Waals surface area contributed by atoms with Gasteiger partial charge in [0.15, 0.2) is 0 Å². The number of fused-ring (bicyclic) bond motifs is 1. The Morgan fingerprint density at radius 2 is 1.76 bits per heavy atom. The number of anilines is 1. The highest BCUT2D eigenvalue weighted by Crippen LogP contribution is 2.13. The van der Waals surface area contributed by atoms with Crippen molar-refractivity contribution in [1.82, 2.24) is 14.5 Å². The number of hydrogen-bond acceptors (Lipinski definition) is 4. The first-order chi connectivity index (χ1) is 14.1. The summed E-state index contributed by atoms with van der Waals surface area (Å²) in [5.74, 6) is -0.224. The summed E-state index contributed by atoms with van der Waals surface area (Å²) in [6.07, 6.45) is 0.318. The van der Waals surface area contributed by atoms with Crippen LogP contribution in [-0.4, -0.2) is 52.6 Å². The van der Waals surface area contributed by atoms with Crippen LogP contribution in [0, 0.1) is 0 Å². The fourth-order valence-electron chi connectivity index (χ4n) is 3.41. The Bertz CT molecular complexity index is 1080. The number of rotatable bonds is 5. The number of para-hydroxylation sites is 2. The van der Waals surface area contributed by atoms with Gasteiger partial charge in [0.1, 0.15) is 6.54 Å². The molecule has 1 fully saturated rings. The molecule has 2 N–H and O–H groups in total. The Balaban J connectivity index is 1.37. The van der Waals surface area contributed by atoms with Crippen LogP contribution < -0.4 is 11.0 Å². The van der Waals surface area contributed by atoms with Crippen molar-refractivity contribution in [1.29, 1.82) is 0 Å². The zero-order valence-corrected chi connectivity index (χ0v) is 15.9. The SMILES string of the molecule is O=C(Cn1c(=O)[nH]c2ccccc21)Nc1ccc(CC(=O)N2CCOCC2)cc1. The first-order valence-corrected chi connectivity index (χ1v) is 9.52. The Kier molecular flexibility index (Phi) is 5.44. The highest BCUT2D eigenvalue weighted by Gasteiger charge is 2.17. The van der Waals surface area contributed by atoms with Gasteiger partial charge in [0, 0.05) is 18.8 Å². The highest BCUT2D eigenvalue weighted by molar-refractivity contribution is 5.91. The van der Waals surface area contributed by atoms with Gasteiger partial charge in [-0.1, -0.05) is 24.3 Å². The molecule has 0 radical (unpaired) electrons. The minimum Gasteiger partial charge on any atom is -0.378 e. The number of benzene rings is 2. The zero-order valence-electron chi connectivity index (χ0n) is 15.9. The van der Waals surface area contributed by atoms with Crippen molar-refractivity contribution in [3.63, 3.8) is 0 Å². The van der Waals surface area contributed by atoms with E-state index in [1.165, 1.54) is 4.57 Å². The molecule has 8 nitrogen and oxygen atoms in total.